The van der Waals surface area contributed by atoms with Crippen molar-refractivity contribution < 1.29 is 26.3 Å². The molecular formula is C26H12F6N4. The standard InChI is InChI=1S/C26H12F6N4/c27-25(28,29)16-7-3-5-14(11-16)20-21(15-6-4-8-17(12-15)26(30,31)32)36-24-22(34-13-33)18-9-1-2-10-19(18)23(24)35-20/h1-12H. The van der Waals surface area contributed by atoms with E-state index in [0.29, 0.717) is 11.1 Å². The summed E-state index contributed by atoms with van der Waals surface area (Å²) in [5, 5.41) is 9.21. The van der Waals surface area contributed by atoms with Crippen LogP contribution in [0, 0.1) is 11.5 Å². The van der Waals surface area contributed by atoms with Crippen molar-refractivity contribution in [3.63, 3.8) is 0 Å². The first-order valence-corrected chi connectivity index (χ1v) is 10.4. The molecule has 0 amide bonds. The smallest absolute Gasteiger partial charge is 0.243 e. The molecule has 5 rings (SSSR count). The van der Waals surface area contributed by atoms with Crippen molar-refractivity contribution >= 4 is 5.71 Å². The van der Waals surface area contributed by atoms with Crippen LogP contribution in [0.3, 0.4) is 0 Å². The van der Waals surface area contributed by atoms with E-state index in [1.807, 2.05) is 0 Å². The molecule has 1 heterocycles. The number of fused-ring (bicyclic) bond motifs is 3. The molecule has 178 valence electrons. The summed E-state index contributed by atoms with van der Waals surface area (Å²) in [7, 11) is 0. The van der Waals surface area contributed by atoms with Crippen molar-refractivity contribution in [1.29, 1.82) is 5.26 Å². The highest BCUT2D eigenvalue weighted by Crippen LogP contribution is 2.41. The Bertz CT molecular complexity index is 1580. The SMILES string of the molecule is N#CN=C1c2ccccc2-c2nc(-c3cccc(C(F)(F)F)c3)c(-c3cccc(C(F)(F)F)c3)nc21. The summed E-state index contributed by atoms with van der Waals surface area (Å²) in [4.78, 5) is 13.0. The predicted molar refractivity (Wildman–Crippen MR) is 120 cm³/mol. The molecule has 36 heavy (non-hydrogen) atoms. The fourth-order valence-corrected chi connectivity index (χ4v) is 4.06. The molecule has 0 N–H and O–H groups in total. The van der Waals surface area contributed by atoms with Crippen LogP contribution in [0.5, 0.6) is 0 Å². The fourth-order valence-electron chi connectivity index (χ4n) is 4.06. The zero-order chi connectivity index (χ0) is 25.7. The van der Waals surface area contributed by atoms with E-state index < -0.39 is 23.5 Å². The largest absolute Gasteiger partial charge is 0.416 e. The van der Waals surface area contributed by atoms with E-state index >= 15 is 0 Å². The van der Waals surface area contributed by atoms with E-state index in [1.165, 1.54) is 24.3 Å². The molecule has 4 nitrogen and oxygen atoms in total. The second-order valence-corrected chi connectivity index (χ2v) is 7.88. The van der Waals surface area contributed by atoms with Crippen molar-refractivity contribution in [2.75, 3.05) is 0 Å². The number of halogens is 6. The van der Waals surface area contributed by atoms with Crippen LogP contribution in [0.1, 0.15) is 22.4 Å². The molecule has 0 atom stereocenters. The first-order chi connectivity index (χ1) is 17.1. The molecule has 0 saturated heterocycles. The lowest BCUT2D eigenvalue weighted by Crippen LogP contribution is -2.08. The minimum Gasteiger partial charge on any atom is -0.243 e. The minimum absolute atomic E-state index is 0.000185. The molecular weight excluding hydrogens is 482 g/mol. The number of nitriles is 1. The summed E-state index contributed by atoms with van der Waals surface area (Å²) in [5.74, 6) is 0. The van der Waals surface area contributed by atoms with E-state index in [4.69, 9.17) is 0 Å². The average Bonchev–Trinajstić information content (AvgIpc) is 3.15. The van der Waals surface area contributed by atoms with Crippen LogP contribution >= 0.6 is 0 Å². The lowest BCUT2D eigenvalue weighted by atomic mass is 10.00. The zero-order valence-electron chi connectivity index (χ0n) is 18.0. The van der Waals surface area contributed by atoms with Gasteiger partial charge in [-0.25, -0.2) is 9.97 Å². The Morgan fingerprint density at radius 2 is 1.11 bits per heavy atom. The normalized spacial score (nSPS) is 13.9. The number of aliphatic imine (C=N–C) groups is 1. The van der Waals surface area contributed by atoms with E-state index in [1.54, 1.807) is 30.5 Å². The summed E-state index contributed by atoms with van der Waals surface area (Å²) >= 11 is 0. The lowest BCUT2D eigenvalue weighted by Gasteiger charge is -2.15. The van der Waals surface area contributed by atoms with Gasteiger partial charge in [0.05, 0.1) is 28.2 Å². The van der Waals surface area contributed by atoms with Gasteiger partial charge in [0.25, 0.3) is 0 Å². The predicted octanol–water partition coefficient (Wildman–Crippen LogP) is 7.15. The zero-order valence-corrected chi connectivity index (χ0v) is 18.0. The number of nitrogens with zero attached hydrogens (tertiary/aromatic N) is 4. The highest BCUT2D eigenvalue weighted by Gasteiger charge is 2.34. The molecule has 0 aliphatic heterocycles. The van der Waals surface area contributed by atoms with Crippen molar-refractivity contribution in [3.8, 4) is 40.0 Å². The maximum absolute atomic E-state index is 13.4. The lowest BCUT2D eigenvalue weighted by molar-refractivity contribution is -0.138. The Morgan fingerprint density at radius 1 is 0.611 bits per heavy atom. The Morgan fingerprint density at radius 3 is 1.61 bits per heavy atom. The Labute approximate surface area is 200 Å². The number of benzene rings is 3. The van der Waals surface area contributed by atoms with E-state index in [-0.39, 0.29) is 39.6 Å². The monoisotopic (exact) mass is 494 g/mol. The van der Waals surface area contributed by atoms with Crippen molar-refractivity contribution in [2.45, 2.75) is 12.4 Å². The number of alkyl halides is 6. The summed E-state index contributed by atoms with van der Waals surface area (Å²) in [6.07, 6.45) is -7.60. The van der Waals surface area contributed by atoms with Gasteiger partial charge in [0.1, 0.15) is 11.4 Å². The Kier molecular flexibility index (Phi) is 5.36. The molecule has 0 radical (unpaired) electrons. The van der Waals surface area contributed by atoms with Crippen molar-refractivity contribution in [2.24, 2.45) is 4.99 Å². The molecule has 0 fully saturated rings. The van der Waals surface area contributed by atoms with Gasteiger partial charge in [-0.1, -0.05) is 48.5 Å². The second kappa shape index (κ2) is 8.30. The number of hydrogen-bond acceptors (Lipinski definition) is 4. The van der Waals surface area contributed by atoms with E-state index in [2.05, 4.69) is 15.0 Å². The fraction of sp³-hybridized carbons (Fsp3) is 0.0769. The van der Waals surface area contributed by atoms with E-state index in [0.717, 1.165) is 24.3 Å². The van der Waals surface area contributed by atoms with Gasteiger partial charge >= 0.3 is 12.4 Å². The summed E-state index contributed by atoms with van der Waals surface area (Å²) in [6.45, 7) is 0. The van der Waals surface area contributed by atoms with Crippen molar-refractivity contribution in [1.82, 2.24) is 9.97 Å². The van der Waals surface area contributed by atoms with Gasteiger partial charge in [0, 0.05) is 22.3 Å². The highest BCUT2D eigenvalue weighted by atomic mass is 19.4. The molecule has 3 aromatic carbocycles. The van der Waals surface area contributed by atoms with Gasteiger partial charge in [0.2, 0.25) is 6.19 Å². The minimum atomic E-state index is -4.65. The molecule has 0 bridgehead atoms. The number of hydrogen-bond donors (Lipinski definition) is 0. The quantitative estimate of drug-likeness (QED) is 0.193. The highest BCUT2D eigenvalue weighted by molar-refractivity contribution is 6.23. The van der Waals surface area contributed by atoms with Crippen LogP contribution in [-0.2, 0) is 12.4 Å². The molecule has 1 aromatic heterocycles. The topological polar surface area (TPSA) is 61.9 Å². The van der Waals surface area contributed by atoms with Crippen LogP contribution in [0.25, 0.3) is 33.8 Å². The first-order valence-electron chi connectivity index (χ1n) is 10.4. The van der Waals surface area contributed by atoms with Crippen LogP contribution in [0.15, 0.2) is 77.8 Å². The second-order valence-electron chi connectivity index (χ2n) is 7.88. The summed E-state index contributed by atoms with van der Waals surface area (Å²) < 4.78 is 80.6. The van der Waals surface area contributed by atoms with Crippen LogP contribution in [0.4, 0.5) is 26.3 Å². The Hall–Kier alpha value is -4.52. The van der Waals surface area contributed by atoms with E-state index in [9.17, 15) is 31.6 Å². The molecule has 0 saturated carbocycles. The average molecular weight is 494 g/mol. The van der Waals surface area contributed by atoms with Gasteiger partial charge in [-0.3, -0.25) is 0 Å². The number of aromatic nitrogens is 2. The number of rotatable bonds is 2. The van der Waals surface area contributed by atoms with Crippen LogP contribution < -0.4 is 0 Å². The van der Waals surface area contributed by atoms with Gasteiger partial charge in [-0.15, -0.1) is 0 Å². The molecule has 1 aliphatic rings. The molecule has 0 unspecified atom stereocenters. The molecule has 4 aromatic rings. The molecule has 0 spiro atoms. The molecule has 1 aliphatic carbocycles. The van der Waals surface area contributed by atoms with Crippen LogP contribution in [-0.4, -0.2) is 15.7 Å². The van der Waals surface area contributed by atoms with Gasteiger partial charge in [-0.2, -0.15) is 36.6 Å². The third-order valence-corrected chi connectivity index (χ3v) is 5.65. The summed E-state index contributed by atoms with van der Waals surface area (Å²) in [5.41, 5.74) is -0.290. The Balaban J connectivity index is 1.83. The van der Waals surface area contributed by atoms with Crippen LogP contribution in [0.2, 0.25) is 0 Å². The molecule has 10 heteroatoms. The third kappa shape index (κ3) is 3.98. The summed E-state index contributed by atoms with van der Waals surface area (Å²) in [6, 6.07) is 15.4. The maximum Gasteiger partial charge on any atom is 0.416 e. The van der Waals surface area contributed by atoms with Crippen molar-refractivity contribution in [3.05, 3.63) is 95.2 Å². The first kappa shape index (κ1) is 23.2. The maximum atomic E-state index is 13.4. The third-order valence-electron chi connectivity index (χ3n) is 5.65. The van der Waals surface area contributed by atoms with Gasteiger partial charge < -0.3 is 0 Å². The van der Waals surface area contributed by atoms with Gasteiger partial charge in [0.15, 0.2) is 0 Å². The van der Waals surface area contributed by atoms with Gasteiger partial charge in [-0.05, 0) is 24.3 Å².